The SMILES string of the molecule is BCC(C)CC(C)N. The predicted molar refractivity (Wildman–Crippen MR) is 40.8 cm³/mol. The molecule has 0 aliphatic heterocycles. The minimum Gasteiger partial charge on any atom is -0.328 e. The van der Waals surface area contributed by atoms with Crippen LogP contribution in [0.25, 0.3) is 0 Å². The molecule has 0 saturated heterocycles. The minimum atomic E-state index is 0.380. The van der Waals surface area contributed by atoms with Crippen molar-refractivity contribution < 1.29 is 0 Å². The highest BCUT2D eigenvalue weighted by molar-refractivity contribution is 6.08. The van der Waals surface area contributed by atoms with Gasteiger partial charge in [0, 0.05) is 6.04 Å². The fraction of sp³-hybridized carbons (Fsp3) is 1.00. The second kappa shape index (κ2) is 3.96. The third-order valence-corrected chi connectivity index (χ3v) is 1.47. The topological polar surface area (TPSA) is 26.0 Å². The van der Waals surface area contributed by atoms with Gasteiger partial charge in [-0.15, -0.1) is 0 Å². The maximum atomic E-state index is 5.57. The zero-order valence-corrected chi connectivity index (χ0v) is 6.15. The van der Waals surface area contributed by atoms with Gasteiger partial charge in [-0.05, 0) is 19.3 Å². The van der Waals surface area contributed by atoms with Crippen LogP contribution in [0.4, 0.5) is 0 Å². The van der Waals surface area contributed by atoms with E-state index in [0.717, 1.165) is 12.3 Å². The van der Waals surface area contributed by atoms with E-state index in [1.54, 1.807) is 0 Å². The summed E-state index contributed by atoms with van der Waals surface area (Å²) in [5.41, 5.74) is 5.57. The molecule has 0 aromatic heterocycles. The Morgan fingerprint density at radius 3 is 2.12 bits per heavy atom. The fourth-order valence-electron chi connectivity index (χ4n) is 0.801. The number of nitrogens with two attached hydrogens (primary N) is 1. The summed E-state index contributed by atoms with van der Waals surface area (Å²) in [5.74, 6) is 0.801. The van der Waals surface area contributed by atoms with E-state index in [2.05, 4.69) is 21.7 Å². The Hall–Kier alpha value is 0.0249. The maximum Gasteiger partial charge on any atom is 0.101 e. The highest BCUT2D eigenvalue weighted by Crippen LogP contribution is 2.06. The summed E-state index contributed by atoms with van der Waals surface area (Å²) in [6.07, 6.45) is 2.41. The van der Waals surface area contributed by atoms with Gasteiger partial charge in [-0.3, -0.25) is 0 Å². The molecule has 2 heteroatoms. The molecule has 0 bridgehead atoms. The summed E-state index contributed by atoms with van der Waals surface area (Å²) in [6.45, 7) is 4.30. The third-order valence-electron chi connectivity index (χ3n) is 1.47. The molecule has 0 aliphatic carbocycles. The molecule has 0 spiro atoms. The standard InChI is InChI=1S/C6H16BN/c1-5(4-7)3-6(2)8/h5-6H,3-4,7-8H2,1-2H3. The van der Waals surface area contributed by atoms with Crippen LogP contribution in [0.3, 0.4) is 0 Å². The highest BCUT2D eigenvalue weighted by atomic mass is 14.6. The predicted octanol–water partition coefficient (Wildman–Crippen LogP) is 0.411. The first kappa shape index (κ1) is 8.02. The Kier molecular flexibility index (Phi) is 3.97. The monoisotopic (exact) mass is 113 g/mol. The molecule has 0 fully saturated rings. The van der Waals surface area contributed by atoms with Crippen molar-refractivity contribution in [1.29, 1.82) is 0 Å². The first-order valence-corrected chi connectivity index (χ1v) is 3.42. The second-order valence-electron chi connectivity index (χ2n) is 2.73. The van der Waals surface area contributed by atoms with Crippen molar-refractivity contribution in [2.24, 2.45) is 11.7 Å². The summed E-state index contributed by atoms with van der Waals surface area (Å²) in [4.78, 5) is 0. The van der Waals surface area contributed by atoms with E-state index in [-0.39, 0.29) is 0 Å². The van der Waals surface area contributed by atoms with Crippen molar-refractivity contribution in [3.05, 3.63) is 0 Å². The van der Waals surface area contributed by atoms with E-state index in [1.807, 2.05) is 0 Å². The minimum absolute atomic E-state index is 0.380. The molecule has 0 saturated carbocycles. The van der Waals surface area contributed by atoms with E-state index in [9.17, 15) is 0 Å². The average molecular weight is 113 g/mol. The lowest BCUT2D eigenvalue weighted by atomic mass is 9.88. The van der Waals surface area contributed by atoms with Gasteiger partial charge in [0.05, 0.1) is 0 Å². The van der Waals surface area contributed by atoms with E-state index in [1.165, 1.54) is 6.32 Å². The maximum absolute atomic E-state index is 5.57. The van der Waals surface area contributed by atoms with Gasteiger partial charge in [0.1, 0.15) is 7.85 Å². The summed E-state index contributed by atoms with van der Waals surface area (Å²) >= 11 is 0. The zero-order chi connectivity index (χ0) is 6.57. The van der Waals surface area contributed by atoms with Crippen molar-refractivity contribution >= 4 is 7.85 Å². The molecule has 0 aliphatic rings. The van der Waals surface area contributed by atoms with Gasteiger partial charge in [0.25, 0.3) is 0 Å². The molecule has 2 atom stereocenters. The summed E-state index contributed by atoms with van der Waals surface area (Å²) in [5, 5.41) is 0. The fourth-order valence-corrected chi connectivity index (χ4v) is 0.801. The Morgan fingerprint density at radius 1 is 1.50 bits per heavy atom. The van der Waals surface area contributed by atoms with Crippen molar-refractivity contribution in [2.45, 2.75) is 32.6 Å². The molecular formula is C6H16BN. The Balaban J connectivity index is 3.10. The van der Waals surface area contributed by atoms with Crippen LogP contribution in [0.2, 0.25) is 6.32 Å². The van der Waals surface area contributed by atoms with Crippen LogP contribution in [0.15, 0.2) is 0 Å². The van der Waals surface area contributed by atoms with Crippen molar-refractivity contribution in [3.8, 4) is 0 Å². The van der Waals surface area contributed by atoms with E-state index < -0.39 is 0 Å². The van der Waals surface area contributed by atoms with E-state index in [0.29, 0.717) is 6.04 Å². The molecule has 2 N–H and O–H groups in total. The zero-order valence-electron chi connectivity index (χ0n) is 6.15. The van der Waals surface area contributed by atoms with Crippen LogP contribution in [-0.2, 0) is 0 Å². The largest absolute Gasteiger partial charge is 0.328 e. The van der Waals surface area contributed by atoms with E-state index >= 15 is 0 Å². The Morgan fingerprint density at radius 2 is 2.00 bits per heavy atom. The van der Waals surface area contributed by atoms with Gasteiger partial charge in [0.15, 0.2) is 0 Å². The smallest absolute Gasteiger partial charge is 0.101 e. The molecule has 0 heterocycles. The van der Waals surface area contributed by atoms with Gasteiger partial charge in [-0.1, -0.05) is 13.2 Å². The number of hydrogen-bond acceptors (Lipinski definition) is 1. The van der Waals surface area contributed by atoms with Crippen LogP contribution in [0, 0.1) is 5.92 Å². The quantitative estimate of drug-likeness (QED) is 0.527. The lowest BCUT2D eigenvalue weighted by Crippen LogP contribution is -2.17. The van der Waals surface area contributed by atoms with Gasteiger partial charge in [0.2, 0.25) is 0 Å². The molecule has 0 radical (unpaired) electrons. The van der Waals surface area contributed by atoms with Crippen molar-refractivity contribution in [2.75, 3.05) is 0 Å². The van der Waals surface area contributed by atoms with Gasteiger partial charge >= 0.3 is 0 Å². The van der Waals surface area contributed by atoms with Crippen LogP contribution >= 0.6 is 0 Å². The molecule has 8 heavy (non-hydrogen) atoms. The molecule has 0 rings (SSSR count). The third kappa shape index (κ3) is 4.19. The first-order valence-electron chi connectivity index (χ1n) is 3.42. The average Bonchev–Trinajstić information content (AvgIpc) is 1.65. The normalized spacial score (nSPS) is 17.9. The van der Waals surface area contributed by atoms with Crippen LogP contribution in [0.1, 0.15) is 20.3 Å². The molecule has 0 aromatic rings. The number of hydrogen-bond donors (Lipinski definition) is 1. The lowest BCUT2D eigenvalue weighted by molar-refractivity contribution is 0.520. The Bertz CT molecular complexity index is 54.5. The van der Waals surface area contributed by atoms with Crippen molar-refractivity contribution in [3.63, 3.8) is 0 Å². The molecule has 0 amide bonds. The molecule has 1 nitrogen and oxygen atoms in total. The van der Waals surface area contributed by atoms with Gasteiger partial charge in [-0.25, -0.2) is 0 Å². The molecule has 2 unspecified atom stereocenters. The molecular weight excluding hydrogens is 96.9 g/mol. The van der Waals surface area contributed by atoms with Gasteiger partial charge < -0.3 is 5.73 Å². The molecule has 0 aromatic carbocycles. The summed E-state index contributed by atoms with van der Waals surface area (Å²) < 4.78 is 0. The van der Waals surface area contributed by atoms with Crippen molar-refractivity contribution in [1.82, 2.24) is 0 Å². The van der Waals surface area contributed by atoms with E-state index in [4.69, 9.17) is 5.73 Å². The number of rotatable bonds is 3. The highest BCUT2D eigenvalue weighted by Gasteiger charge is 2.00. The summed E-state index contributed by atoms with van der Waals surface area (Å²) in [6, 6.07) is 0.380. The van der Waals surface area contributed by atoms with Gasteiger partial charge in [-0.2, -0.15) is 0 Å². The molecule has 48 valence electrons. The van der Waals surface area contributed by atoms with Crippen LogP contribution in [0.5, 0.6) is 0 Å². The lowest BCUT2D eigenvalue weighted by Gasteiger charge is -2.09. The van der Waals surface area contributed by atoms with Crippen LogP contribution < -0.4 is 5.73 Å². The second-order valence-corrected chi connectivity index (χ2v) is 2.73. The van der Waals surface area contributed by atoms with Crippen LogP contribution in [-0.4, -0.2) is 13.9 Å². The first-order chi connectivity index (χ1) is 3.66. The Labute approximate surface area is 53.1 Å². The summed E-state index contributed by atoms with van der Waals surface area (Å²) in [7, 11) is 2.20.